The summed E-state index contributed by atoms with van der Waals surface area (Å²) in [5.74, 6) is 0.690. The second kappa shape index (κ2) is 8.00. The molecule has 0 bridgehead atoms. The van der Waals surface area contributed by atoms with Crippen LogP contribution >= 0.6 is 0 Å². The molecule has 0 saturated heterocycles. The molecule has 3 aromatic rings. The van der Waals surface area contributed by atoms with Crippen LogP contribution in [0.2, 0.25) is 0 Å². The highest BCUT2D eigenvalue weighted by Crippen LogP contribution is 2.39. The number of hydrogen-bond donors (Lipinski definition) is 0. The van der Waals surface area contributed by atoms with Gasteiger partial charge in [0.1, 0.15) is 0 Å². The normalized spacial score (nSPS) is 15.1. The zero-order valence-corrected chi connectivity index (χ0v) is 17.9. The van der Waals surface area contributed by atoms with Crippen molar-refractivity contribution in [2.75, 3.05) is 27.5 Å². The van der Waals surface area contributed by atoms with Crippen LogP contribution in [0.3, 0.4) is 0 Å². The first-order chi connectivity index (χ1) is 15.5. The summed E-state index contributed by atoms with van der Waals surface area (Å²) in [5, 5.41) is 0.734. The van der Waals surface area contributed by atoms with Crippen LogP contribution in [0.25, 0.3) is 22.6 Å². The van der Waals surface area contributed by atoms with E-state index in [2.05, 4.69) is 6.08 Å². The quantitative estimate of drug-likeness (QED) is 0.588. The van der Waals surface area contributed by atoms with Gasteiger partial charge in [-0.1, -0.05) is 24.3 Å². The standard InChI is InChI=1S/C25H22N2O5/c1-27(2)22(28)13-30-25(29)23-17-5-3-4-6-19(17)26-24-16(8-9-18(23)24)11-15-7-10-20-21(12-15)32-14-31-20/h3-7,10-12H,8-9,13-14H2,1-2H3. The van der Waals surface area contributed by atoms with Crippen LogP contribution in [0.1, 0.15) is 33.6 Å². The van der Waals surface area contributed by atoms with Gasteiger partial charge in [0, 0.05) is 19.5 Å². The molecule has 32 heavy (non-hydrogen) atoms. The van der Waals surface area contributed by atoms with Crippen LogP contribution in [0.4, 0.5) is 0 Å². The summed E-state index contributed by atoms with van der Waals surface area (Å²) in [6, 6.07) is 13.3. The van der Waals surface area contributed by atoms with E-state index >= 15 is 0 Å². The topological polar surface area (TPSA) is 78.0 Å². The van der Waals surface area contributed by atoms with E-state index in [0.29, 0.717) is 12.0 Å². The Morgan fingerprint density at radius 3 is 2.75 bits per heavy atom. The molecular formula is C25H22N2O5. The Morgan fingerprint density at radius 2 is 1.91 bits per heavy atom. The Labute approximate surface area is 185 Å². The number of aromatic nitrogens is 1. The molecule has 7 nitrogen and oxygen atoms in total. The minimum atomic E-state index is -0.501. The van der Waals surface area contributed by atoms with Gasteiger partial charge in [0.05, 0.1) is 16.8 Å². The SMILES string of the molecule is CN(C)C(=O)COC(=O)c1c2c(nc3ccccc13)C(=Cc1ccc3c(c1)OCO3)CC2. The van der Waals surface area contributed by atoms with Gasteiger partial charge in [0.2, 0.25) is 6.79 Å². The van der Waals surface area contributed by atoms with E-state index in [0.717, 1.165) is 51.2 Å². The lowest BCUT2D eigenvalue weighted by molar-refractivity contribution is -0.131. The third-order valence-corrected chi connectivity index (χ3v) is 5.71. The fourth-order valence-electron chi connectivity index (χ4n) is 4.04. The molecule has 1 aromatic heterocycles. The van der Waals surface area contributed by atoms with Crippen molar-refractivity contribution in [1.29, 1.82) is 0 Å². The van der Waals surface area contributed by atoms with Gasteiger partial charge in [-0.15, -0.1) is 0 Å². The number of nitrogens with zero attached hydrogens (tertiary/aromatic N) is 2. The molecule has 0 radical (unpaired) electrons. The maximum Gasteiger partial charge on any atom is 0.339 e. The number of allylic oxidation sites excluding steroid dienone is 1. The average molecular weight is 430 g/mol. The molecule has 1 aliphatic carbocycles. The van der Waals surface area contributed by atoms with Gasteiger partial charge in [-0.25, -0.2) is 9.78 Å². The molecule has 1 amide bonds. The van der Waals surface area contributed by atoms with Crippen molar-refractivity contribution in [2.45, 2.75) is 12.8 Å². The Hall–Kier alpha value is -3.87. The van der Waals surface area contributed by atoms with E-state index in [4.69, 9.17) is 19.2 Å². The van der Waals surface area contributed by atoms with E-state index < -0.39 is 5.97 Å². The monoisotopic (exact) mass is 430 g/mol. The number of amides is 1. The van der Waals surface area contributed by atoms with Crippen molar-refractivity contribution in [3.63, 3.8) is 0 Å². The second-order valence-electron chi connectivity index (χ2n) is 7.98. The zero-order chi connectivity index (χ0) is 22.2. The van der Waals surface area contributed by atoms with Gasteiger partial charge in [-0.3, -0.25) is 4.79 Å². The summed E-state index contributed by atoms with van der Waals surface area (Å²) in [5.41, 5.74) is 4.89. The van der Waals surface area contributed by atoms with Gasteiger partial charge in [-0.05, 0) is 53.8 Å². The van der Waals surface area contributed by atoms with E-state index in [1.807, 2.05) is 42.5 Å². The number of likely N-dealkylation sites (N-methyl/N-ethyl adjacent to an activating group) is 1. The molecule has 2 heterocycles. The maximum atomic E-state index is 13.1. The molecule has 162 valence electrons. The number of esters is 1. The smallest absolute Gasteiger partial charge is 0.339 e. The Kier molecular flexibility index (Phi) is 5.01. The molecule has 1 aliphatic heterocycles. The number of hydrogen-bond acceptors (Lipinski definition) is 6. The fourth-order valence-corrected chi connectivity index (χ4v) is 4.04. The third kappa shape index (κ3) is 3.56. The third-order valence-electron chi connectivity index (χ3n) is 5.71. The lowest BCUT2D eigenvalue weighted by Crippen LogP contribution is -2.27. The average Bonchev–Trinajstić information content (AvgIpc) is 3.42. The van der Waals surface area contributed by atoms with Crippen LogP contribution in [0.5, 0.6) is 11.5 Å². The Bertz CT molecular complexity index is 1280. The summed E-state index contributed by atoms with van der Waals surface area (Å²) in [6.07, 6.45) is 3.50. The molecule has 2 aromatic carbocycles. The molecule has 0 fully saturated rings. The van der Waals surface area contributed by atoms with Gasteiger partial charge in [0.25, 0.3) is 5.91 Å². The van der Waals surface area contributed by atoms with Crippen LogP contribution in [-0.2, 0) is 16.0 Å². The lowest BCUT2D eigenvalue weighted by Gasteiger charge is -2.14. The molecule has 2 aliphatic rings. The summed E-state index contributed by atoms with van der Waals surface area (Å²) in [6.45, 7) is -0.0648. The summed E-state index contributed by atoms with van der Waals surface area (Å²) in [4.78, 5) is 31.3. The molecule has 0 N–H and O–H groups in total. The van der Waals surface area contributed by atoms with Crippen LogP contribution < -0.4 is 9.47 Å². The molecular weight excluding hydrogens is 408 g/mol. The number of ether oxygens (including phenoxy) is 3. The van der Waals surface area contributed by atoms with Gasteiger partial charge in [-0.2, -0.15) is 0 Å². The van der Waals surface area contributed by atoms with E-state index in [9.17, 15) is 9.59 Å². The van der Waals surface area contributed by atoms with Crippen molar-refractivity contribution >= 4 is 34.4 Å². The lowest BCUT2D eigenvalue weighted by atomic mass is 10.0. The first-order valence-electron chi connectivity index (χ1n) is 10.4. The summed E-state index contributed by atoms with van der Waals surface area (Å²) in [7, 11) is 3.26. The second-order valence-corrected chi connectivity index (χ2v) is 7.98. The number of rotatable bonds is 4. The van der Waals surface area contributed by atoms with Gasteiger partial charge >= 0.3 is 5.97 Å². The fraction of sp³-hybridized carbons (Fsp3) is 0.240. The van der Waals surface area contributed by atoms with E-state index in [1.54, 1.807) is 14.1 Å². The highest BCUT2D eigenvalue weighted by molar-refractivity contribution is 6.07. The number of carbonyl (C=O) groups excluding carboxylic acids is 2. The number of fused-ring (bicyclic) bond motifs is 3. The number of benzene rings is 2. The van der Waals surface area contributed by atoms with Gasteiger partial charge in [0.15, 0.2) is 18.1 Å². The molecule has 0 saturated carbocycles. The molecule has 0 atom stereocenters. The van der Waals surface area contributed by atoms with Crippen LogP contribution in [0, 0.1) is 0 Å². The van der Waals surface area contributed by atoms with Crippen molar-refractivity contribution < 1.29 is 23.8 Å². The minimum Gasteiger partial charge on any atom is -0.454 e. The summed E-state index contributed by atoms with van der Waals surface area (Å²) >= 11 is 0. The predicted molar refractivity (Wildman–Crippen MR) is 119 cm³/mol. The molecule has 0 spiro atoms. The van der Waals surface area contributed by atoms with Gasteiger partial charge < -0.3 is 19.1 Å². The molecule has 7 heteroatoms. The van der Waals surface area contributed by atoms with Crippen LogP contribution in [0.15, 0.2) is 42.5 Å². The largest absolute Gasteiger partial charge is 0.454 e. The summed E-state index contributed by atoms with van der Waals surface area (Å²) < 4.78 is 16.3. The Balaban J connectivity index is 1.55. The highest BCUT2D eigenvalue weighted by Gasteiger charge is 2.28. The number of para-hydroxylation sites is 1. The Morgan fingerprint density at radius 1 is 1.09 bits per heavy atom. The van der Waals surface area contributed by atoms with Crippen molar-refractivity contribution in [1.82, 2.24) is 9.88 Å². The first-order valence-corrected chi connectivity index (χ1v) is 10.4. The van der Waals surface area contributed by atoms with Crippen LogP contribution in [-0.4, -0.2) is 49.3 Å². The maximum absolute atomic E-state index is 13.1. The first kappa shape index (κ1) is 20.1. The van der Waals surface area contributed by atoms with Crippen molar-refractivity contribution in [3.05, 3.63) is 64.8 Å². The molecule has 0 unspecified atom stereocenters. The minimum absolute atomic E-state index is 0.230. The number of carbonyl (C=O) groups is 2. The zero-order valence-electron chi connectivity index (χ0n) is 17.9. The predicted octanol–water partition coefficient (Wildman–Crippen LogP) is 3.70. The van der Waals surface area contributed by atoms with Crippen molar-refractivity contribution in [2.24, 2.45) is 0 Å². The number of pyridine rings is 1. The van der Waals surface area contributed by atoms with E-state index in [-0.39, 0.29) is 19.3 Å². The van der Waals surface area contributed by atoms with Crippen molar-refractivity contribution in [3.8, 4) is 11.5 Å². The molecule has 5 rings (SSSR count). The highest BCUT2D eigenvalue weighted by atomic mass is 16.7. The van der Waals surface area contributed by atoms with E-state index in [1.165, 1.54) is 4.90 Å².